The third kappa shape index (κ3) is 5.67. The molecule has 150 valence electrons. The first-order chi connectivity index (χ1) is 13.8. The summed E-state index contributed by atoms with van der Waals surface area (Å²) in [5.41, 5.74) is 2.43. The summed E-state index contributed by atoms with van der Waals surface area (Å²) in [7, 11) is -3.79. The Labute approximate surface area is 175 Å². The Kier molecular flexibility index (Phi) is 6.69. The van der Waals surface area contributed by atoms with E-state index in [9.17, 15) is 13.2 Å². The molecule has 0 saturated carbocycles. The summed E-state index contributed by atoms with van der Waals surface area (Å²) >= 11 is 5.87. The van der Waals surface area contributed by atoms with Crippen LogP contribution in [0.2, 0.25) is 5.02 Å². The van der Waals surface area contributed by atoms with Crippen molar-refractivity contribution in [3.63, 3.8) is 0 Å². The molecule has 0 spiro atoms. The summed E-state index contributed by atoms with van der Waals surface area (Å²) < 4.78 is 28.6. The predicted molar refractivity (Wildman–Crippen MR) is 112 cm³/mol. The van der Waals surface area contributed by atoms with Gasteiger partial charge in [-0.1, -0.05) is 66.2 Å². The smallest absolute Gasteiger partial charge is 0.303 e. The number of benzene rings is 3. The van der Waals surface area contributed by atoms with Crippen LogP contribution in [-0.2, 0) is 21.2 Å². The number of sulfonamides is 1. The number of nitrogens with one attached hydrogen (secondary N) is 1. The molecule has 29 heavy (non-hydrogen) atoms. The van der Waals surface area contributed by atoms with Crippen LogP contribution >= 0.6 is 11.6 Å². The number of halogens is 1. The second-order valence-corrected chi connectivity index (χ2v) is 8.70. The van der Waals surface area contributed by atoms with E-state index in [2.05, 4.69) is 4.72 Å². The quantitative estimate of drug-likeness (QED) is 0.555. The number of carboxylic acid groups (broad SMARTS) is 1. The van der Waals surface area contributed by atoms with Crippen molar-refractivity contribution in [1.29, 1.82) is 0 Å². The second-order valence-electron chi connectivity index (χ2n) is 6.55. The topological polar surface area (TPSA) is 83.5 Å². The number of carbonyl (C=O) groups is 1. The number of rotatable bonds is 8. The molecule has 1 unspecified atom stereocenters. The lowest BCUT2D eigenvalue weighted by molar-refractivity contribution is -0.136. The zero-order chi connectivity index (χ0) is 20.9. The lowest BCUT2D eigenvalue weighted by atomic mass is 9.98. The molecule has 3 aromatic carbocycles. The van der Waals surface area contributed by atoms with Gasteiger partial charge in [-0.25, -0.2) is 8.42 Å². The van der Waals surface area contributed by atoms with Crippen molar-refractivity contribution in [2.45, 2.75) is 23.8 Å². The molecule has 0 amide bonds. The normalized spacial score (nSPS) is 12.4. The average molecular weight is 430 g/mol. The number of aryl methyl sites for hydroxylation is 1. The highest BCUT2D eigenvalue weighted by molar-refractivity contribution is 7.89. The average Bonchev–Trinajstić information content (AvgIpc) is 2.72. The fourth-order valence-electron chi connectivity index (χ4n) is 2.94. The van der Waals surface area contributed by atoms with Crippen molar-refractivity contribution in [3.05, 3.63) is 101 Å². The second kappa shape index (κ2) is 9.22. The van der Waals surface area contributed by atoms with E-state index in [4.69, 9.17) is 16.7 Å². The molecule has 0 fully saturated rings. The Morgan fingerprint density at radius 1 is 0.897 bits per heavy atom. The molecule has 0 saturated heterocycles. The third-order valence-corrected chi connectivity index (χ3v) is 6.16. The van der Waals surface area contributed by atoms with Crippen molar-refractivity contribution in [2.75, 3.05) is 0 Å². The van der Waals surface area contributed by atoms with Gasteiger partial charge in [-0.15, -0.1) is 0 Å². The number of aliphatic carboxylic acids is 1. The number of hydrogen-bond donors (Lipinski definition) is 2. The van der Waals surface area contributed by atoms with Gasteiger partial charge in [-0.05, 0) is 47.4 Å². The van der Waals surface area contributed by atoms with Crippen LogP contribution < -0.4 is 4.72 Å². The molecule has 3 aromatic rings. The van der Waals surface area contributed by atoms with Crippen LogP contribution in [0.5, 0.6) is 0 Å². The molecule has 0 radical (unpaired) electrons. The van der Waals surface area contributed by atoms with E-state index in [0.717, 1.165) is 16.7 Å². The summed E-state index contributed by atoms with van der Waals surface area (Å²) in [6.45, 7) is 0. The summed E-state index contributed by atoms with van der Waals surface area (Å²) in [5, 5.41) is 9.29. The van der Waals surface area contributed by atoms with Crippen molar-refractivity contribution >= 4 is 27.6 Å². The molecular weight excluding hydrogens is 410 g/mol. The summed E-state index contributed by atoms with van der Waals surface area (Å²) in [5.74, 6) is -0.855. The standard InChI is InChI=1S/C22H20ClNO4S/c23-19-11-13-20(14-12-19)29(27,28)24-22(17-4-2-1-3-5-17)18-9-6-16(7-10-18)8-15-21(25)26/h1-7,9-14,22,24H,8,15H2,(H,25,26). The van der Waals surface area contributed by atoms with Crippen LogP contribution in [0, 0.1) is 0 Å². The molecule has 0 aromatic heterocycles. The molecule has 0 aliphatic rings. The molecular formula is C22H20ClNO4S. The van der Waals surface area contributed by atoms with Gasteiger partial charge in [-0.2, -0.15) is 4.72 Å². The molecule has 3 rings (SSSR count). The third-order valence-electron chi connectivity index (χ3n) is 4.47. The van der Waals surface area contributed by atoms with Crippen LogP contribution in [0.4, 0.5) is 0 Å². The SMILES string of the molecule is O=C(O)CCc1ccc(C(NS(=O)(=O)c2ccc(Cl)cc2)c2ccccc2)cc1. The van der Waals surface area contributed by atoms with Gasteiger partial charge >= 0.3 is 5.97 Å². The highest BCUT2D eigenvalue weighted by Crippen LogP contribution is 2.25. The lowest BCUT2D eigenvalue weighted by Crippen LogP contribution is -2.29. The summed E-state index contributed by atoms with van der Waals surface area (Å²) in [6.07, 6.45) is 0.465. The maximum absolute atomic E-state index is 12.9. The minimum atomic E-state index is -3.79. The van der Waals surface area contributed by atoms with E-state index < -0.39 is 22.0 Å². The first-order valence-electron chi connectivity index (χ1n) is 8.98. The van der Waals surface area contributed by atoms with E-state index >= 15 is 0 Å². The van der Waals surface area contributed by atoms with Gasteiger partial charge in [0.05, 0.1) is 10.9 Å². The van der Waals surface area contributed by atoms with Crippen molar-refractivity contribution in [2.24, 2.45) is 0 Å². The number of carboxylic acids is 1. The first kappa shape index (κ1) is 21.0. The van der Waals surface area contributed by atoms with Gasteiger partial charge in [0.1, 0.15) is 0 Å². The van der Waals surface area contributed by atoms with Crippen molar-refractivity contribution in [1.82, 2.24) is 4.72 Å². The van der Waals surface area contributed by atoms with Crippen molar-refractivity contribution in [3.8, 4) is 0 Å². The Balaban J connectivity index is 1.91. The van der Waals surface area contributed by atoms with Gasteiger partial charge in [0.15, 0.2) is 0 Å². The predicted octanol–water partition coefficient (Wildman–Crippen LogP) is 4.43. The highest BCUT2D eigenvalue weighted by Gasteiger charge is 2.23. The minimum absolute atomic E-state index is 0.0463. The zero-order valence-electron chi connectivity index (χ0n) is 15.5. The summed E-state index contributed by atoms with van der Waals surface area (Å²) in [4.78, 5) is 10.9. The van der Waals surface area contributed by atoms with Crippen LogP contribution in [-0.4, -0.2) is 19.5 Å². The first-order valence-corrected chi connectivity index (χ1v) is 10.8. The Bertz CT molecular complexity index is 1070. The monoisotopic (exact) mass is 429 g/mol. The Hall–Kier alpha value is -2.67. The van der Waals surface area contributed by atoms with E-state index in [0.29, 0.717) is 11.4 Å². The van der Waals surface area contributed by atoms with Gasteiger partial charge in [0.25, 0.3) is 0 Å². The lowest BCUT2D eigenvalue weighted by Gasteiger charge is -2.20. The van der Waals surface area contributed by atoms with Crippen LogP contribution in [0.1, 0.15) is 29.2 Å². The fraction of sp³-hybridized carbons (Fsp3) is 0.136. The van der Waals surface area contributed by atoms with Crippen LogP contribution in [0.25, 0.3) is 0 Å². The molecule has 0 heterocycles. The fourth-order valence-corrected chi connectivity index (χ4v) is 4.28. The largest absolute Gasteiger partial charge is 0.481 e. The Morgan fingerprint density at radius 3 is 2.07 bits per heavy atom. The van der Waals surface area contributed by atoms with Gasteiger partial charge in [-0.3, -0.25) is 4.79 Å². The van der Waals surface area contributed by atoms with Gasteiger partial charge in [0, 0.05) is 11.4 Å². The molecule has 2 N–H and O–H groups in total. The van der Waals surface area contributed by atoms with E-state index in [1.807, 2.05) is 54.6 Å². The van der Waals surface area contributed by atoms with E-state index in [-0.39, 0.29) is 11.3 Å². The molecule has 0 bridgehead atoms. The van der Waals surface area contributed by atoms with Gasteiger partial charge in [0.2, 0.25) is 10.0 Å². The molecule has 1 atom stereocenters. The minimum Gasteiger partial charge on any atom is -0.481 e. The summed E-state index contributed by atoms with van der Waals surface area (Å²) in [6, 6.07) is 21.9. The van der Waals surface area contributed by atoms with E-state index in [1.165, 1.54) is 24.3 Å². The van der Waals surface area contributed by atoms with Crippen LogP contribution in [0.15, 0.2) is 83.8 Å². The maximum atomic E-state index is 12.9. The highest BCUT2D eigenvalue weighted by atomic mass is 35.5. The number of hydrogen-bond acceptors (Lipinski definition) is 3. The van der Waals surface area contributed by atoms with E-state index in [1.54, 1.807) is 0 Å². The van der Waals surface area contributed by atoms with Crippen LogP contribution in [0.3, 0.4) is 0 Å². The van der Waals surface area contributed by atoms with Gasteiger partial charge < -0.3 is 5.11 Å². The molecule has 0 aliphatic heterocycles. The Morgan fingerprint density at radius 2 is 1.48 bits per heavy atom. The zero-order valence-corrected chi connectivity index (χ0v) is 17.0. The van der Waals surface area contributed by atoms with Crippen molar-refractivity contribution < 1.29 is 18.3 Å². The molecule has 5 nitrogen and oxygen atoms in total. The molecule has 0 aliphatic carbocycles. The molecule has 7 heteroatoms. The maximum Gasteiger partial charge on any atom is 0.303 e.